The number of fused-ring (bicyclic) bond motifs is 1. The first-order valence-corrected chi connectivity index (χ1v) is 8.93. The molecule has 130 valence electrons. The molecule has 3 aromatic rings. The van der Waals surface area contributed by atoms with E-state index in [0.29, 0.717) is 28.4 Å². The van der Waals surface area contributed by atoms with Gasteiger partial charge in [-0.25, -0.2) is 14.4 Å². The molecule has 2 aromatic heterocycles. The van der Waals surface area contributed by atoms with Crippen LogP contribution in [0.3, 0.4) is 0 Å². The van der Waals surface area contributed by atoms with E-state index in [1.54, 1.807) is 18.3 Å². The lowest BCUT2D eigenvalue weighted by molar-refractivity contribution is 0.629. The summed E-state index contributed by atoms with van der Waals surface area (Å²) in [6, 6.07) is 5.50. The van der Waals surface area contributed by atoms with Gasteiger partial charge in [0.1, 0.15) is 11.6 Å². The van der Waals surface area contributed by atoms with Crippen LogP contribution in [-0.4, -0.2) is 26.5 Å². The molecule has 2 unspecified atom stereocenters. The van der Waals surface area contributed by atoms with E-state index in [1.165, 1.54) is 6.07 Å². The van der Waals surface area contributed by atoms with E-state index in [2.05, 4.69) is 28.7 Å². The molecule has 3 heterocycles. The number of nitrogens with zero attached hydrogens (tertiary/aromatic N) is 4. The summed E-state index contributed by atoms with van der Waals surface area (Å²) in [7, 11) is 0. The van der Waals surface area contributed by atoms with E-state index >= 15 is 0 Å². The molecule has 0 radical (unpaired) electrons. The summed E-state index contributed by atoms with van der Waals surface area (Å²) in [5.41, 5.74) is 1.88. The van der Waals surface area contributed by atoms with Crippen molar-refractivity contribution in [2.24, 2.45) is 0 Å². The topological polar surface area (TPSA) is 33.4 Å². The van der Waals surface area contributed by atoms with Gasteiger partial charge in [0.2, 0.25) is 5.78 Å². The highest BCUT2D eigenvalue weighted by molar-refractivity contribution is 6.33. The van der Waals surface area contributed by atoms with Gasteiger partial charge in [0.05, 0.1) is 10.7 Å². The Kier molecular flexibility index (Phi) is 3.91. The lowest BCUT2D eigenvalue weighted by atomic mass is 10.0. The van der Waals surface area contributed by atoms with Crippen LogP contribution in [-0.2, 0) is 0 Å². The van der Waals surface area contributed by atoms with Crippen molar-refractivity contribution in [1.82, 2.24) is 14.4 Å². The number of hydrogen-bond donors (Lipinski definition) is 0. The second kappa shape index (κ2) is 5.99. The van der Waals surface area contributed by atoms with Gasteiger partial charge in [-0.2, -0.15) is 0 Å². The maximum Gasteiger partial charge on any atom is 0.235 e. The summed E-state index contributed by atoms with van der Waals surface area (Å²) in [4.78, 5) is 11.3. The third-order valence-electron chi connectivity index (χ3n) is 5.11. The molecule has 0 saturated carbocycles. The van der Waals surface area contributed by atoms with E-state index in [0.717, 1.165) is 29.9 Å². The van der Waals surface area contributed by atoms with Crippen molar-refractivity contribution >= 4 is 23.2 Å². The first kappa shape index (κ1) is 16.3. The lowest BCUT2D eigenvalue weighted by Crippen LogP contribution is -2.35. The van der Waals surface area contributed by atoms with E-state index in [4.69, 9.17) is 11.6 Å². The molecule has 1 aromatic carbocycles. The summed E-state index contributed by atoms with van der Waals surface area (Å²) < 4.78 is 16.7. The Bertz CT molecular complexity index is 922. The van der Waals surface area contributed by atoms with Crippen LogP contribution in [0.15, 0.2) is 30.6 Å². The minimum absolute atomic E-state index is 0.336. The van der Waals surface area contributed by atoms with Crippen LogP contribution in [0.2, 0.25) is 5.02 Å². The Balaban J connectivity index is 2.11. The SMILES string of the molecule is Cc1nc2nccn2c(N2C(C)CCC2C)c1-c1c(F)cccc1Cl. The number of rotatable bonds is 2. The Hall–Kier alpha value is -2.14. The predicted octanol–water partition coefficient (Wildman–Crippen LogP) is 4.87. The number of hydrogen-bond acceptors (Lipinski definition) is 3. The zero-order valence-corrected chi connectivity index (χ0v) is 15.3. The molecule has 1 fully saturated rings. The number of anilines is 1. The van der Waals surface area contributed by atoms with Crippen LogP contribution in [0.4, 0.5) is 10.2 Å². The Morgan fingerprint density at radius 1 is 1.16 bits per heavy atom. The van der Waals surface area contributed by atoms with Crippen molar-refractivity contribution < 1.29 is 4.39 Å². The summed E-state index contributed by atoms with van der Waals surface area (Å²) in [5, 5.41) is 0.394. The van der Waals surface area contributed by atoms with E-state index < -0.39 is 0 Å². The molecular weight excluding hydrogens is 339 g/mol. The molecule has 2 atom stereocenters. The highest BCUT2D eigenvalue weighted by atomic mass is 35.5. The third-order valence-corrected chi connectivity index (χ3v) is 5.43. The quantitative estimate of drug-likeness (QED) is 0.655. The van der Waals surface area contributed by atoms with Crippen molar-refractivity contribution in [3.8, 4) is 11.1 Å². The Labute approximate surface area is 151 Å². The zero-order valence-electron chi connectivity index (χ0n) is 14.5. The van der Waals surface area contributed by atoms with E-state index in [9.17, 15) is 4.39 Å². The standard InChI is InChI=1S/C19H20ClFN4/c1-11-7-8-12(2)25(11)18-16(17-14(20)5-4-6-15(17)21)13(3)23-19-22-9-10-24(18)19/h4-6,9-12H,7-8H2,1-3H3. The fourth-order valence-corrected chi connectivity index (χ4v) is 4.18. The lowest BCUT2D eigenvalue weighted by Gasteiger charge is -2.32. The molecule has 0 N–H and O–H groups in total. The van der Waals surface area contributed by atoms with Gasteiger partial charge in [-0.15, -0.1) is 0 Å². The second-order valence-corrected chi connectivity index (χ2v) is 7.18. The molecule has 0 spiro atoms. The highest BCUT2D eigenvalue weighted by Crippen LogP contribution is 2.42. The largest absolute Gasteiger partial charge is 0.352 e. The minimum atomic E-state index is -0.336. The van der Waals surface area contributed by atoms with E-state index in [1.807, 2.05) is 17.5 Å². The first-order valence-electron chi connectivity index (χ1n) is 8.55. The van der Waals surface area contributed by atoms with Gasteiger partial charge in [-0.1, -0.05) is 17.7 Å². The first-order chi connectivity index (χ1) is 12.0. The Morgan fingerprint density at radius 3 is 2.56 bits per heavy atom. The fraction of sp³-hybridized carbons (Fsp3) is 0.368. The maximum atomic E-state index is 14.7. The smallest absolute Gasteiger partial charge is 0.235 e. The monoisotopic (exact) mass is 358 g/mol. The maximum absolute atomic E-state index is 14.7. The van der Waals surface area contributed by atoms with Gasteiger partial charge in [0.25, 0.3) is 0 Å². The molecule has 4 rings (SSSR count). The van der Waals surface area contributed by atoms with Gasteiger partial charge >= 0.3 is 0 Å². The molecule has 1 saturated heterocycles. The van der Waals surface area contributed by atoms with Crippen LogP contribution < -0.4 is 4.90 Å². The second-order valence-electron chi connectivity index (χ2n) is 6.77. The molecule has 0 aliphatic carbocycles. The van der Waals surface area contributed by atoms with Gasteiger partial charge in [-0.05, 0) is 45.7 Å². The molecule has 4 nitrogen and oxygen atoms in total. The van der Waals surface area contributed by atoms with Crippen LogP contribution >= 0.6 is 11.6 Å². The van der Waals surface area contributed by atoms with Crippen molar-refractivity contribution in [2.45, 2.75) is 45.7 Å². The average Bonchev–Trinajstić information content (AvgIpc) is 3.14. The number of halogens is 2. The van der Waals surface area contributed by atoms with Crippen LogP contribution in [0.25, 0.3) is 16.9 Å². The van der Waals surface area contributed by atoms with Gasteiger partial charge in [0, 0.05) is 35.6 Å². The molecule has 0 bridgehead atoms. The summed E-state index contributed by atoms with van der Waals surface area (Å²) >= 11 is 6.40. The average molecular weight is 359 g/mol. The fourth-order valence-electron chi connectivity index (χ4n) is 3.93. The summed E-state index contributed by atoms with van der Waals surface area (Å²) in [6.07, 6.45) is 5.81. The highest BCUT2D eigenvalue weighted by Gasteiger charge is 2.33. The molecule has 1 aliphatic rings. The van der Waals surface area contributed by atoms with Crippen molar-refractivity contribution in [1.29, 1.82) is 0 Å². The summed E-state index contributed by atoms with van der Waals surface area (Å²) in [6.45, 7) is 6.30. The number of aromatic nitrogens is 3. The van der Waals surface area contributed by atoms with Gasteiger partial charge in [-0.3, -0.25) is 4.40 Å². The minimum Gasteiger partial charge on any atom is -0.352 e. The molecular formula is C19H20ClFN4. The van der Waals surface area contributed by atoms with Crippen molar-refractivity contribution in [3.05, 3.63) is 47.1 Å². The number of imidazole rings is 1. The molecule has 25 heavy (non-hydrogen) atoms. The van der Waals surface area contributed by atoms with Crippen LogP contribution in [0.1, 0.15) is 32.4 Å². The van der Waals surface area contributed by atoms with Gasteiger partial charge in [0.15, 0.2) is 0 Å². The number of aryl methyl sites for hydroxylation is 1. The predicted molar refractivity (Wildman–Crippen MR) is 98.8 cm³/mol. The third kappa shape index (κ3) is 2.49. The Morgan fingerprint density at radius 2 is 1.88 bits per heavy atom. The molecule has 0 amide bonds. The van der Waals surface area contributed by atoms with Crippen molar-refractivity contribution in [2.75, 3.05) is 4.90 Å². The van der Waals surface area contributed by atoms with Crippen LogP contribution in [0, 0.1) is 12.7 Å². The number of benzene rings is 1. The van der Waals surface area contributed by atoms with Gasteiger partial charge < -0.3 is 4.90 Å². The zero-order chi connectivity index (χ0) is 17.7. The summed E-state index contributed by atoms with van der Waals surface area (Å²) in [5.74, 6) is 1.21. The normalized spacial score (nSPS) is 20.6. The molecule has 6 heteroatoms. The molecule has 1 aliphatic heterocycles. The van der Waals surface area contributed by atoms with Crippen molar-refractivity contribution in [3.63, 3.8) is 0 Å². The van der Waals surface area contributed by atoms with Crippen LogP contribution in [0.5, 0.6) is 0 Å². The van der Waals surface area contributed by atoms with E-state index in [-0.39, 0.29) is 5.82 Å².